The summed E-state index contributed by atoms with van der Waals surface area (Å²) in [6.07, 6.45) is 0.621. The molecule has 36 heavy (non-hydrogen) atoms. The normalized spacial score (nSPS) is 11.9. The highest BCUT2D eigenvalue weighted by Gasteiger charge is 2.21. The molecule has 0 fully saturated rings. The van der Waals surface area contributed by atoms with Gasteiger partial charge in [0.25, 0.3) is 5.56 Å². The van der Waals surface area contributed by atoms with Crippen LogP contribution < -0.4 is 19.8 Å². The number of para-hydroxylation sites is 1. The molecule has 0 aliphatic heterocycles. The summed E-state index contributed by atoms with van der Waals surface area (Å²) in [7, 11) is 4.22. The molecular formula is C27H25N3O6. The molecule has 0 N–H and O–H groups in total. The lowest BCUT2D eigenvalue weighted by Crippen LogP contribution is -2.25. The number of methoxy groups -OCH3 is 3. The highest BCUT2D eigenvalue weighted by molar-refractivity contribution is 5.84. The number of hydrogen-bond acceptors (Lipinski definition) is 8. The Morgan fingerprint density at radius 1 is 0.972 bits per heavy atom. The predicted octanol–water partition coefficient (Wildman–Crippen LogP) is 3.90. The van der Waals surface area contributed by atoms with E-state index in [2.05, 4.69) is 5.10 Å². The van der Waals surface area contributed by atoms with E-state index in [0.29, 0.717) is 33.8 Å². The predicted molar refractivity (Wildman–Crippen MR) is 136 cm³/mol. The van der Waals surface area contributed by atoms with Gasteiger partial charge in [-0.3, -0.25) is 4.79 Å². The molecule has 9 nitrogen and oxygen atoms in total. The third kappa shape index (κ3) is 4.90. The average molecular weight is 488 g/mol. The first kappa shape index (κ1) is 24.5. The molecule has 0 unspecified atom stereocenters. The van der Waals surface area contributed by atoms with E-state index in [9.17, 15) is 9.59 Å². The molecule has 3 aromatic carbocycles. The Bertz CT molecular complexity index is 1460. The first-order valence-electron chi connectivity index (χ1n) is 11.1. The van der Waals surface area contributed by atoms with Crippen molar-refractivity contribution in [2.24, 2.45) is 5.10 Å². The van der Waals surface area contributed by atoms with Crippen LogP contribution in [-0.2, 0) is 9.53 Å². The van der Waals surface area contributed by atoms with Crippen LogP contribution in [0.2, 0.25) is 0 Å². The number of nitrogens with zero attached hydrogens (tertiary/aromatic N) is 3. The summed E-state index contributed by atoms with van der Waals surface area (Å²) in [5.74, 6) is 0.741. The van der Waals surface area contributed by atoms with Crippen molar-refractivity contribution in [1.29, 1.82) is 0 Å². The maximum atomic E-state index is 13.4. The summed E-state index contributed by atoms with van der Waals surface area (Å²) >= 11 is 0. The number of aromatic nitrogens is 2. The van der Waals surface area contributed by atoms with E-state index < -0.39 is 12.1 Å². The molecule has 1 heterocycles. The molecule has 0 saturated carbocycles. The van der Waals surface area contributed by atoms with Crippen LogP contribution in [0.3, 0.4) is 0 Å². The van der Waals surface area contributed by atoms with Gasteiger partial charge in [-0.25, -0.2) is 9.78 Å². The number of carbonyl (C=O) groups is 1. The minimum Gasteiger partial charge on any atom is -0.493 e. The number of fused-ring (bicyclic) bond motifs is 1. The molecule has 184 valence electrons. The van der Waals surface area contributed by atoms with E-state index in [-0.39, 0.29) is 11.3 Å². The van der Waals surface area contributed by atoms with E-state index >= 15 is 0 Å². The van der Waals surface area contributed by atoms with Crippen LogP contribution in [0.15, 0.2) is 76.6 Å². The standard InChI is InChI=1S/C27H25N3O6/c1-17(27(32)35-4)36-24-22(33-2)14-18(15-23(24)34-3)16-28-30-25(19-10-6-5-7-11-19)29-21-13-9-8-12-20(21)26(30)31/h5-17H,1-4H3/t17-/m1/s1. The second-order valence-corrected chi connectivity index (χ2v) is 7.72. The zero-order valence-corrected chi connectivity index (χ0v) is 20.3. The van der Waals surface area contributed by atoms with Gasteiger partial charge in [0.15, 0.2) is 23.4 Å². The van der Waals surface area contributed by atoms with Crippen molar-refractivity contribution in [2.75, 3.05) is 21.3 Å². The molecule has 0 aliphatic rings. The molecule has 4 rings (SSSR count). The smallest absolute Gasteiger partial charge is 0.346 e. The second kappa shape index (κ2) is 10.7. The topological polar surface area (TPSA) is 101 Å². The Morgan fingerprint density at radius 2 is 1.61 bits per heavy atom. The summed E-state index contributed by atoms with van der Waals surface area (Å²) in [5, 5.41) is 4.93. The van der Waals surface area contributed by atoms with E-state index in [1.165, 1.54) is 32.2 Å². The van der Waals surface area contributed by atoms with Crippen molar-refractivity contribution in [3.05, 3.63) is 82.6 Å². The lowest BCUT2D eigenvalue weighted by molar-refractivity contribution is -0.148. The Balaban J connectivity index is 1.81. The molecule has 0 radical (unpaired) electrons. The Morgan fingerprint density at radius 3 is 2.25 bits per heavy atom. The summed E-state index contributed by atoms with van der Waals surface area (Å²) < 4.78 is 22.7. The van der Waals surface area contributed by atoms with E-state index in [1.807, 2.05) is 36.4 Å². The molecule has 0 amide bonds. The minimum absolute atomic E-state index is 0.240. The SMILES string of the molecule is COC(=O)[C@@H](C)Oc1c(OC)cc(C=Nn2c(-c3ccccc3)nc3ccccc3c2=O)cc1OC. The van der Waals surface area contributed by atoms with Crippen LogP contribution in [0.1, 0.15) is 12.5 Å². The minimum atomic E-state index is -0.881. The molecule has 0 saturated heterocycles. The highest BCUT2D eigenvalue weighted by atomic mass is 16.6. The second-order valence-electron chi connectivity index (χ2n) is 7.72. The molecule has 9 heteroatoms. The van der Waals surface area contributed by atoms with Gasteiger partial charge in [0.05, 0.1) is 38.4 Å². The molecule has 0 bridgehead atoms. The summed E-state index contributed by atoms with van der Waals surface area (Å²) in [6, 6.07) is 19.8. The highest BCUT2D eigenvalue weighted by Crippen LogP contribution is 2.39. The molecule has 0 spiro atoms. The zero-order valence-electron chi connectivity index (χ0n) is 20.3. The van der Waals surface area contributed by atoms with Gasteiger partial charge < -0.3 is 18.9 Å². The number of carbonyl (C=O) groups excluding carboxylic acids is 1. The number of benzene rings is 3. The molecule has 4 aromatic rings. The van der Waals surface area contributed by atoms with Crippen molar-refractivity contribution in [3.63, 3.8) is 0 Å². The first-order valence-corrected chi connectivity index (χ1v) is 11.1. The van der Waals surface area contributed by atoms with Crippen molar-refractivity contribution < 1.29 is 23.7 Å². The van der Waals surface area contributed by atoms with Gasteiger partial charge >= 0.3 is 5.97 Å². The van der Waals surface area contributed by atoms with E-state index in [4.69, 9.17) is 23.9 Å². The summed E-state index contributed by atoms with van der Waals surface area (Å²) in [5.41, 5.74) is 1.59. The fourth-order valence-corrected chi connectivity index (χ4v) is 3.61. The number of hydrogen-bond donors (Lipinski definition) is 0. The Hall–Kier alpha value is -4.66. The van der Waals surface area contributed by atoms with Gasteiger partial charge in [0.2, 0.25) is 5.75 Å². The van der Waals surface area contributed by atoms with Crippen molar-refractivity contribution in [3.8, 4) is 28.6 Å². The number of esters is 1. The number of rotatable bonds is 8. The van der Waals surface area contributed by atoms with Gasteiger partial charge in [-0.2, -0.15) is 9.78 Å². The monoisotopic (exact) mass is 487 g/mol. The third-order valence-electron chi connectivity index (χ3n) is 5.42. The Labute approximate surface area is 207 Å². The van der Waals surface area contributed by atoms with Crippen LogP contribution in [0.5, 0.6) is 17.2 Å². The molecule has 0 aliphatic carbocycles. The fraction of sp³-hybridized carbons (Fsp3) is 0.185. The van der Waals surface area contributed by atoms with Gasteiger partial charge in [-0.15, -0.1) is 0 Å². The average Bonchev–Trinajstić information content (AvgIpc) is 2.92. The summed E-state index contributed by atoms with van der Waals surface area (Å²) in [6.45, 7) is 1.56. The fourth-order valence-electron chi connectivity index (χ4n) is 3.61. The van der Waals surface area contributed by atoms with Crippen molar-refractivity contribution in [2.45, 2.75) is 13.0 Å². The van der Waals surface area contributed by atoms with E-state index in [0.717, 1.165) is 5.56 Å². The van der Waals surface area contributed by atoms with Gasteiger partial charge in [-0.05, 0) is 31.2 Å². The third-order valence-corrected chi connectivity index (χ3v) is 5.42. The quantitative estimate of drug-likeness (QED) is 0.274. The van der Waals surface area contributed by atoms with Crippen LogP contribution in [-0.4, -0.2) is 49.3 Å². The number of ether oxygens (including phenoxy) is 4. The largest absolute Gasteiger partial charge is 0.493 e. The summed E-state index contributed by atoms with van der Waals surface area (Å²) in [4.78, 5) is 29.9. The van der Waals surface area contributed by atoms with Crippen molar-refractivity contribution in [1.82, 2.24) is 9.66 Å². The van der Waals surface area contributed by atoms with Crippen LogP contribution >= 0.6 is 0 Å². The van der Waals surface area contributed by atoms with Crippen LogP contribution in [0.4, 0.5) is 0 Å². The van der Waals surface area contributed by atoms with Gasteiger partial charge in [0.1, 0.15) is 0 Å². The lowest BCUT2D eigenvalue weighted by Gasteiger charge is -2.18. The maximum Gasteiger partial charge on any atom is 0.346 e. The molecule has 1 aromatic heterocycles. The lowest BCUT2D eigenvalue weighted by atomic mass is 10.2. The zero-order chi connectivity index (χ0) is 25.7. The molecular weight excluding hydrogens is 462 g/mol. The van der Waals surface area contributed by atoms with Gasteiger partial charge in [0, 0.05) is 11.1 Å². The van der Waals surface area contributed by atoms with Gasteiger partial charge in [-0.1, -0.05) is 42.5 Å². The van der Waals surface area contributed by atoms with Crippen LogP contribution in [0, 0.1) is 0 Å². The maximum absolute atomic E-state index is 13.4. The van der Waals surface area contributed by atoms with E-state index in [1.54, 1.807) is 37.3 Å². The first-order chi connectivity index (χ1) is 17.5. The Kier molecular flexibility index (Phi) is 7.29. The van der Waals surface area contributed by atoms with Crippen LogP contribution in [0.25, 0.3) is 22.3 Å². The molecule has 1 atom stereocenters. The van der Waals surface area contributed by atoms with Crippen molar-refractivity contribution >= 4 is 23.1 Å².